The summed E-state index contributed by atoms with van der Waals surface area (Å²) in [6, 6.07) is 0.704. The van der Waals surface area contributed by atoms with E-state index in [1.807, 2.05) is 4.90 Å². The van der Waals surface area contributed by atoms with Gasteiger partial charge in [0.15, 0.2) is 0 Å². The van der Waals surface area contributed by atoms with E-state index in [0.717, 1.165) is 32.0 Å². The van der Waals surface area contributed by atoms with E-state index < -0.39 is 0 Å². The Morgan fingerprint density at radius 2 is 1.90 bits per heavy atom. The van der Waals surface area contributed by atoms with E-state index >= 15 is 0 Å². The first-order valence-corrected chi connectivity index (χ1v) is 8.92. The highest BCUT2D eigenvalue weighted by atomic mass is 16.3. The molecule has 3 rings (SSSR count). The third kappa shape index (κ3) is 4.43. The average Bonchev–Trinajstić information content (AvgIpc) is 3.25. The molecule has 3 aliphatic rings. The first-order chi connectivity index (χ1) is 10.2. The van der Waals surface area contributed by atoms with Crippen LogP contribution in [-0.4, -0.2) is 59.1 Å². The molecule has 21 heavy (non-hydrogen) atoms. The Morgan fingerprint density at radius 1 is 1.14 bits per heavy atom. The molecule has 1 amide bonds. The summed E-state index contributed by atoms with van der Waals surface area (Å²) in [5.41, 5.74) is 0. The average molecular weight is 294 g/mol. The van der Waals surface area contributed by atoms with Gasteiger partial charge in [-0.25, -0.2) is 0 Å². The van der Waals surface area contributed by atoms with E-state index in [-0.39, 0.29) is 12.0 Å². The first-order valence-electron chi connectivity index (χ1n) is 8.92. The van der Waals surface area contributed by atoms with Crippen LogP contribution in [-0.2, 0) is 4.79 Å². The minimum absolute atomic E-state index is 0.222. The van der Waals surface area contributed by atoms with Gasteiger partial charge in [0.25, 0.3) is 0 Å². The molecule has 3 fully saturated rings. The van der Waals surface area contributed by atoms with Gasteiger partial charge in [-0.2, -0.15) is 0 Å². The van der Waals surface area contributed by atoms with Gasteiger partial charge in [0.2, 0.25) is 5.91 Å². The molecule has 2 aliphatic carbocycles. The van der Waals surface area contributed by atoms with Gasteiger partial charge in [-0.05, 0) is 38.0 Å². The van der Waals surface area contributed by atoms with Crippen LogP contribution < -0.4 is 0 Å². The summed E-state index contributed by atoms with van der Waals surface area (Å²) < 4.78 is 0. The second-order valence-electron chi connectivity index (χ2n) is 7.29. The molecule has 1 heterocycles. The molecule has 2 saturated carbocycles. The molecule has 1 saturated heterocycles. The van der Waals surface area contributed by atoms with E-state index in [2.05, 4.69) is 4.90 Å². The molecule has 1 aliphatic heterocycles. The highest BCUT2D eigenvalue weighted by molar-refractivity contribution is 5.78. The summed E-state index contributed by atoms with van der Waals surface area (Å²) in [4.78, 5) is 16.0. The normalized spacial score (nSPS) is 25.8. The molecular formula is C17H30N2O2. The number of nitrogens with zero attached hydrogens (tertiary/aromatic N) is 2. The SMILES string of the molecule is O=C1CCCN1CC(O)CN(CC1CCCCC1)C1CC1. The second kappa shape index (κ2) is 7.10. The molecule has 0 radical (unpaired) electrons. The van der Waals surface area contributed by atoms with Gasteiger partial charge in [0, 0.05) is 38.6 Å². The van der Waals surface area contributed by atoms with Gasteiger partial charge in [-0.3, -0.25) is 9.69 Å². The van der Waals surface area contributed by atoms with Crippen LogP contribution >= 0.6 is 0 Å². The Bertz CT molecular complexity index is 351. The summed E-state index contributed by atoms with van der Waals surface area (Å²) in [6.07, 6.45) is 10.7. The molecule has 4 heteroatoms. The number of rotatable bonds is 7. The van der Waals surface area contributed by atoms with E-state index in [9.17, 15) is 9.90 Å². The molecule has 0 bridgehead atoms. The van der Waals surface area contributed by atoms with Crippen molar-refractivity contribution in [2.45, 2.75) is 69.9 Å². The van der Waals surface area contributed by atoms with Crippen molar-refractivity contribution in [1.29, 1.82) is 0 Å². The zero-order valence-corrected chi connectivity index (χ0v) is 13.2. The number of carbonyl (C=O) groups excluding carboxylic acids is 1. The van der Waals surface area contributed by atoms with Crippen molar-refractivity contribution < 1.29 is 9.90 Å². The summed E-state index contributed by atoms with van der Waals surface area (Å²) in [5.74, 6) is 1.05. The van der Waals surface area contributed by atoms with Crippen molar-refractivity contribution in [3.05, 3.63) is 0 Å². The zero-order chi connectivity index (χ0) is 14.7. The standard InChI is InChI=1S/C17H30N2O2/c20-16(12-18-10-4-7-17(18)21)13-19(15-8-9-15)11-14-5-2-1-3-6-14/h14-16,20H,1-13H2. The minimum Gasteiger partial charge on any atom is -0.390 e. The van der Waals surface area contributed by atoms with Crippen LogP contribution in [0.1, 0.15) is 57.8 Å². The summed E-state index contributed by atoms with van der Waals surface area (Å²) in [6.45, 7) is 3.29. The zero-order valence-electron chi connectivity index (χ0n) is 13.2. The number of hydrogen-bond donors (Lipinski definition) is 1. The maximum Gasteiger partial charge on any atom is 0.222 e. The topological polar surface area (TPSA) is 43.8 Å². The lowest BCUT2D eigenvalue weighted by Crippen LogP contribution is -2.43. The van der Waals surface area contributed by atoms with E-state index in [0.29, 0.717) is 19.0 Å². The van der Waals surface area contributed by atoms with E-state index in [1.165, 1.54) is 44.9 Å². The predicted octanol–water partition coefficient (Wildman–Crippen LogP) is 2.01. The molecule has 4 nitrogen and oxygen atoms in total. The van der Waals surface area contributed by atoms with Crippen LogP contribution in [0.3, 0.4) is 0 Å². The third-order valence-corrected chi connectivity index (χ3v) is 5.33. The molecule has 0 spiro atoms. The third-order valence-electron chi connectivity index (χ3n) is 5.33. The Labute approximate surface area is 128 Å². The molecular weight excluding hydrogens is 264 g/mol. The monoisotopic (exact) mass is 294 g/mol. The maximum absolute atomic E-state index is 11.7. The van der Waals surface area contributed by atoms with Crippen molar-refractivity contribution in [1.82, 2.24) is 9.80 Å². The Balaban J connectivity index is 1.46. The van der Waals surface area contributed by atoms with Crippen LogP contribution in [0.15, 0.2) is 0 Å². The molecule has 120 valence electrons. The number of hydrogen-bond acceptors (Lipinski definition) is 3. The lowest BCUT2D eigenvalue weighted by atomic mass is 9.89. The number of β-amino-alcohol motifs (C(OH)–C–C–N with tert-alkyl or cyclic N) is 1. The predicted molar refractivity (Wildman–Crippen MR) is 83.0 cm³/mol. The van der Waals surface area contributed by atoms with E-state index in [1.54, 1.807) is 0 Å². The van der Waals surface area contributed by atoms with Crippen molar-refractivity contribution in [2.75, 3.05) is 26.2 Å². The van der Waals surface area contributed by atoms with Crippen molar-refractivity contribution in [2.24, 2.45) is 5.92 Å². The molecule has 1 atom stereocenters. The quantitative estimate of drug-likeness (QED) is 0.781. The number of likely N-dealkylation sites (tertiary alicyclic amines) is 1. The number of aliphatic hydroxyl groups excluding tert-OH is 1. The summed E-state index contributed by atoms with van der Waals surface area (Å²) in [7, 11) is 0. The fourth-order valence-electron chi connectivity index (χ4n) is 3.99. The number of amides is 1. The maximum atomic E-state index is 11.7. The highest BCUT2D eigenvalue weighted by Gasteiger charge is 2.33. The van der Waals surface area contributed by atoms with Gasteiger partial charge in [-0.15, -0.1) is 0 Å². The van der Waals surface area contributed by atoms with Crippen LogP contribution in [0.5, 0.6) is 0 Å². The lowest BCUT2D eigenvalue weighted by Gasteiger charge is -2.32. The summed E-state index contributed by atoms with van der Waals surface area (Å²) in [5, 5.41) is 10.4. The molecule has 1 unspecified atom stereocenters. The van der Waals surface area contributed by atoms with Gasteiger partial charge < -0.3 is 10.0 Å². The molecule has 0 aromatic rings. The second-order valence-corrected chi connectivity index (χ2v) is 7.29. The van der Waals surface area contributed by atoms with Gasteiger partial charge in [0.05, 0.1) is 6.10 Å². The Hall–Kier alpha value is -0.610. The van der Waals surface area contributed by atoms with Crippen molar-refractivity contribution >= 4 is 5.91 Å². The van der Waals surface area contributed by atoms with Crippen molar-refractivity contribution in [3.63, 3.8) is 0 Å². The minimum atomic E-state index is -0.378. The largest absolute Gasteiger partial charge is 0.390 e. The smallest absolute Gasteiger partial charge is 0.222 e. The number of aliphatic hydroxyl groups is 1. The summed E-state index contributed by atoms with van der Waals surface area (Å²) >= 11 is 0. The first kappa shape index (κ1) is 15.3. The molecule has 0 aromatic heterocycles. The Morgan fingerprint density at radius 3 is 2.52 bits per heavy atom. The molecule has 0 aromatic carbocycles. The van der Waals surface area contributed by atoms with Gasteiger partial charge >= 0.3 is 0 Å². The van der Waals surface area contributed by atoms with Gasteiger partial charge in [-0.1, -0.05) is 19.3 Å². The highest BCUT2D eigenvalue weighted by Crippen LogP contribution is 2.31. The fraction of sp³-hybridized carbons (Fsp3) is 0.941. The molecule has 1 N–H and O–H groups in total. The Kier molecular flexibility index (Phi) is 5.17. The van der Waals surface area contributed by atoms with Crippen LogP contribution in [0.4, 0.5) is 0 Å². The van der Waals surface area contributed by atoms with Crippen molar-refractivity contribution in [3.8, 4) is 0 Å². The van der Waals surface area contributed by atoms with Crippen LogP contribution in [0.2, 0.25) is 0 Å². The van der Waals surface area contributed by atoms with E-state index in [4.69, 9.17) is 0 Å². The number of carbonyl (C=O) groups is 1. The van der Waals surface area contributed by atoms with Crippen LogP contribution in [0.25, 0.3) is 0 Å². The van der Waals surface area contributed by atoms with Crippen LogP contribution in [0, 0.1) is 5.92 Å². The lowest BCUT2D eigenvalue weighted by molar-refractivity contribution is -0.129. The fourth-order valence-corrected chi connectivity index (χ4v) is 3.99. The van der Waals surface area contributed by atoms with Gasteiger partial charge in [0.1, 0.15) is 0 Å².